The summed E-state index contributed by atoms with van der Waals surface area (Å²) in [6.07, 6.45) is 1.60. The highest BCUT2D eigenvalue weighted by Crippen LogP contribution is 2.29. The fraction of sp³-hybridized carbons (Fsp3) is 0.214. The fourth-order valence-electron chi connectivity index (χ4n) is 3.25. The summed E-state index contributed by atoms with van der Waals surface area (Å²) >= 11 is 0. The number of methoxy groups -OCH3 is 1. The first-order valence-corrected chi connectivity index (χ1v) is 11.4. The Morgan fingerprint density at radius 2 is 1.51 bits per heavy atom. The highest BCUT2D eigenvalue weighted by atomic mass is 16.5. The van der Waals surface area contributed by atoms with Crippen LogP contribution in [0.15, 0.2) is 72.4 Å². The van der Waals surface area contributed by atoms with Gasteiger partial charge in [0.05, 0.1) is 20.3 Å². The van der Waals surface area contributed by atoms with Crippen molar-refractivity contribution >= 4 is 23.6 Å². The lowest BCUT2D eigenvalue weighted by molar-refractivity contribution is -0.113. The van der Waals surface area contributed by atoms with Gasteiger partial charge >= 0.3 is 0 Å². The van der Waals surface area contributed by atoms with Crippen LogP contribution in [0, 0.1) is 6.92 Å². The monoisotopic (exact) mass is 474 g/mol. The molecule has 7 nitrogen and oxygen atoms in total. The second-order valence-electron chi connectivity index (χ2n) is 7.63. The van der Waals surface area contributed by atoms with Gasteiger partial charge in [0, 0.05) is 11.3 Å². The Bertz CT molecular complexity index is 1180. The molecule has 2 amide bonds. The van der Waals surface area contributed by atoms with E-state index < -0.39 is 11.8 Å². The number of hydrogen-bond donors (Lipinski definition) is 2. The lowest BCUT2D eigenvalue weighted by atomic mass is 10.1. The number of benzene rings is 3. The second-order valence-corrected chi connectivity index (χ2v) is 7.63. The van der Waals surface area contributed by atoms with Gasteiger partial charge in [-0.15, -0.1) is 0 Å². The number of ether oxygens (including phenoxy) is 3. The lowest BCUT2D eigenvalue weighted by Crippen LogP contribution is -2.30. The van der Waals surface area contributed by atoms with Crippen LogP contribution in [0.5, 0.6) is 17.2 Å². The van der Waals surface area contributed by atoms with Crippen LogP contribution in [-0.2, 0) is 4.79 Å². The molecule has 35 heavy (non-hydrogen) atoms. The summed E-state index contributed by atoms with van der Waals surface area (Å²) in [5, 5.41) is 5.58. The van der Waals surface area contributed by atoms with Gasteiger partial charge in [0.1, 0.15) is 11.4 Å². The van der Waals surface area contributed by atoms with E-state index in [9.17, 15) is 9.59 Å². The second kappa shape index (κ2) is 12.3. The molecule has 3 aromatic carbocycles. The summed E-state index contributed by atoms with van der Waals surface area (Å²) in [4.78, 5) is 26.1. The maximum atomic E-state index is 13.2. The minimum absolute atomic E-state index is 0.0815. The number of nitrogens with one attached hydrogen (secondary N) is 2. The molecule has 0 bridgehead atoms. The molecule has 0 fully saturated rings. The van der Waals surface area contributed by atoms with Crippen molar-refractivity contribution in [2.24, 2.45) is 0 Å². The van der Waals surface area contributed by atoms with E-state index >= 15 is 0 Å². The van der Waals surface area contributed by atoms with E-state index in [1.165, 1.54) is 0 Å². The summed E-state index contributed by atoms with van der Waals surface area (Å²) in [6.45, 7) is 6.70. The molecule has 0 radical (unpaired) electrons. The molecule has 0 aliphatic heterocycles. The van der Waals surface area contributed by atoms with Gasteiger partial charge in [0.25, 0.3) is 11.8 Å². The summed E-state index contributed by atoms with van der Waals surface area (Å²) < 4.78 is 16.5. The zero-order chi connectivity index (χ0) is 25.2. The normalized spacial score (nSPS) is 10.9. The molecule has 0 saturated heterocycles. The highest BCUT2D eigenvalue weighted by molar-refractivity contribution is 6.10. The van der Waals surface area contributed by atoms with Crippen LogP contribution in [-0.4, -0.2) is 32.1 Å². The Labute approximate surface area is 205 Å². The van der Waals surface area contributed by atoms with Crippen molar-refractivity contribution in [2.45, 2.75) is 20.8 Å². The Balaban J connectivity index is 1.93. The maximum Gasteiger partial charge on any atom is 0.272 e. The van der Waals surface area contributed by atoms with Gasteiger partial charge in [0.2, 0.25) is 0 Å². The summed E-state index contributed by atoms with van der Waals surface area (Å²) in [5.74, 6) is 0.922. The molecule has 2 N–H and O–H groups in total. The highest BCUT2D eigenvalue weighted by Gasteiger charge is 2.16. The quantitative estimate of drug-likeness (QED) is 0.394. The van der Waals surface area contributed by atoms with Gasteiger partial charge in [-0.2, -0.15) is 0 Å². The fourth-order valence-corrected chi connectivity index (χ4v) is 3.25. The summed E-state index contributed by atoms with van der Waals surface area (Å²) in [5.41, 5.74) is 2.83. The SMILES string of the molecule is CCOc1ccc(C=C(NC(=O)c2ccc(OC)cc2)C(=O)Nc2ccc(C)cc2)cc1OCC. The molecule has 3 aromatic rings. The molecule has 0 spiro atoms. The third-order valence-corrected chi connectivity index (χ3v) is 5.03. The first-order chi connectivity index (χ1) is 16.9. The molecule has 0 aromatic heterocycles. The predicted octanol–water partition coefficient (Wildman–Crippen LogP) is 5.21. The van der Waals surface area contributed by atoms with Crippen molar-refractivity contribution in [1.82, 2.24) is 5.32 Å². The van der Waals surface area contributed by atoms with Crippen LogP contribution < -0.4 is 24.8 Å². The molecule has 182 valence electrons. The van der Waals surface area contributed by atoms with Crippen LogP contribution in [0.3, 0.4) is 0 Å². The number of anilines is 1. The van der Waals surface area contributed by atoms with Crippen molar-refractivity contribution in [3.8, 4) is 17.2 Å². The summed E-state index contributed by atoms with van der Waals surface area (Å²) in [6, 6.07) is 19.4. The Morgan fingerprint density at radius 3 is 2.14 bits per heavy atom. The number of hydrogen-bond acceptors (Lipinski definition) is 5. The zero-order valence-electron chi connectivity index (χ0n) is 20.4. The van der Waals surface area contributed by atoms with Crippen LogP contribution in [0.25, 0.3) is 6.08 Å². The van der Waals surface area contributed by atoms with Crippen molar-refractivity contribution in [2.75, 3.05) is 25.6 Å². The molecule has 0 aliphatic carbocycles. The summed E-state index contributed by atoms with van der Waals surface area (Å²) in [7, 11) is 1.55. The predicted molar refractivity (Wildman–Crippen MR) is 137 cm³/mol. The smallest absolute Gasteiger partial charge is 0.272 e. The van der Waals surface area contributed by atoms with Gasteiger partial charge in [-0.05, 0) is 80.9 Å². The standard InChI is InChI=1S/C28H30N2O5/c1-5-34-25-16-9-20(18-26(25)35-6-2)17-24(28(32)29-22-12-7-19(3)8-13-22)30-27(31)21-10-14-23(33-4)15-11-21/h7-18H,5-6H2,1-4H3,(H,29,32)(H,30,31). The van der Waals surface area contributed by atoms with Gasteiger partial charge in [-0.3, -0.25) is 9.59 Å². The van der Waals surface area contributed by atoms with E-state index in [1.54, 1.807) is 67.8 Å². The zero-order valence-corrected chi connectivity index (χ0v) is 20.4. The maximum absolute atomic E-state index is 13.2. The van der Waals surface area contributed by atoms with Crippen molar-refractivity contribution in [3.63, 3.8) is 0 Å². The molecule has 0 aliphatic rings. The molecule has 7 heteroatoms. The number of rotatable bonds is 10. The average molecular weight is 475 g/mol. The van der Waals surface area contributed by atoms with E-state index in [-0.39, 0.29) is 5.70 Å². The Hall–Kier alpha value is -4.26. The van der Waals surface area contributed by atoms with E-state index in [4.69, 9.17) is 14.2 Å². The topological polar surface area (TPSA) is 85.9 Å². The van der Waals surface area contributed by atoms with Gasteiger partial charge in [0.15, 0.2) is 11.5 Å². The first kappa shape index (κ1) is 25.4. The number of amides is 2. The lowest BCUT2D eigenvalue weighted by Gasteiger charge is -2.14. The number of aryl methyl sites for hydroxylation is 1. The molecular formula is C28H30N2O5. The van der Waals surface area contributed by atoms with Crippen LogP contribution in [0.4, 0.5) is 5.69 Å². The Morgan fingerprint density at radius 1 is 0.857 bits per heavy atom. The van der Waals surface area contributed by atoms with E-state index in [1.807, 2.05) is 32.9 Å². The molecule has 0 heterocycles. The molecule has 0 unspecified atom stereocenters. The number of carbonyl (C=O) groups is 2. The van der Waals surface area contributed by atoms with Crippen molar-refractivity contribution < 1.29 is 23.8 Å². The molecule has 0 atom stereocenters. The van der Waals surface area contributed by atoms with Gasteiger partial charge < -0.3 is 24.8 Å². The largest absolute Gasteiger partial charge is 0.497 e. The molecule has 3 rings (SSSR count). The number of carbonyl (C=O) groups excluding carboxylic acids is 2. The van der Waals surface area contributed by atoms with Crippen molar-refractivity contribution in [3.05, 3.63) is 89.1 Å². The molecule has 0 saturated carbocycles. The Kier molecular flexibility index (Phi) is 8.89. The van der Waals surface area contributed by atoms with Crippen LogP contribution >= 0.6 is 0 Å². The van der Waals surface area contributed by atoms with E-state index in [2.05, 4.69) is 10.6 Å². The van der Waals surface area contributed by atoms with Gasteiger partial charge in [-0.1, -0.05) is 23.8 Å². The van der Waals surface area contributed by atoms with Gasteiger partial charge in [-0.25, -0.2) is 0 Å². The van der Waals surface area contributed by atoms with E-state index in [0.717, 1.165) is 5.56 Å². The first-order valence-electron chi connectivity index (χ1n) is 11.4. The van der Waals surface area contributed by atoms with Crippen molar-refractivity contribution in [1.29, 1.82) is 0 Å². The van der Waals surface area contributed by atoms with Crippen LogP contribution in [0.1, 0.15) is 35.3 Å². The third-order valence-electron chi connectivity index (χ3n) is 5.03. The average Bonchev–Trinajstić information content (AvgIpc) is 2.86. The minimum atomic E-state index is -0.456. The third kappa shape index (κ3) is 7.11. The minimum Gasteiger partial charge on any atom is -0.497 e. The van der Waals surface area contributed by atoms with Crippen LogP contribution in [0.2, 0.25) is 0 Å². The molecular weight excluding hydrogens is 444 g/mol. The van der Waals surface area contributed by atoms with E-state index in [0.29, 0.717) is 47.3 Å².